The highest BCUT2D eigenvalue weighted by Gasteiger charge is 2.08. The number of nitrogens with one attached hydrogen (secondary N) is 1. The zero-order chi connectivity index (χ0) is 18.5. The molecule has 3 rings (SSSR count). The minimum Gasteiger partial charge on any atom is -0.305 e. The minimum atomic E-state index is -0.215. The van der Waals surface area contributed by atoms with Crippen molar-refractivity contribution in [2.24, 2.45) is 0 Å². The largest absolute Gasteiger partial charge is 0.305 e. The first-order valence-corrected chi connectivity index (χ1v) is 9.54. The highest BCUT2D eigenvalue weighted by atomic mass is 35.5. The van der Waals surface area contributed by atoms with Gasteiger partial charge in [0, 0.05) is 21.4 Å². The second kappa shape index (κ2) is 8.54. The van der Waals surface area contributed by atoms with E-state index in [-0.39, 0.29) is 5.91 Å². The van der Waals surface area contributed by atoms with Crippen LogP contribution in [0.15, 0.2) is 59.6 Å². The lowest BCUT2D eigenvalue weighted by atomic mass is 10.1. The fourth-order valence-corrected chi connectivity index (χ4v) is 3.52. The number of hydrogen-bond acceptors (Lipinski definition) is 4. The quantitative estimate of drug-likeness (QED) is 0.560. The van der Waals surface area contributed by atoms with E-state index in [1.807, 2.05) is 31.2 Å². The van der Waals surface area contributed by atoms with Crippen LogP contribution >= 0.6 is 35.0 Å². The van der Waals surface area contributed by atoms with Crippen LogP contribution in [0.5, 0.6) is 0 Å². The molecule has 0 unspecified atom stereocenters. The molecule has 0 aliphatic rings. The Morgan fingerprint density at radius 1 is 1.04 bits per heavy atom. The van der Waals surface area contributed by atoms with Gasteiger partial charge in [-0.1, -0.05) is 58.7 Å². The van der Waals surface area contributed by atoms with E-state index in [1.54, 1.807) is 30.3 Å². The van der Waals surface area contributed by atoms with Gasteiger partial charge in [0.25, 0.3) is 5.91 Å². The lowest BCUT2D eigenvalue weighted by Gasteiger charge is -2.06. The van der Waals surface area contributed by atoms with Gasteiger partial charge in [-0.05, 0) is 48.9 Å². The van der Waals surface area contributed by atoms with Crippen molar-refractivity contribution in [3.63, 3.8) is 0 Å². The van der Waals surface area contributed by atoms with Crippen LogP contribution in [0, 0.1) is 6.92 Å². The summed E-state index contributed by atoms with van der Waals surface area (Å²) in [6, 6.07) is 16.3. The Kier molecular flexibility index (Phi) is 6.14. The Morgan fingerprint density at radius 2 is 1.81 bits per heavy atom. The van der Waals surface area contributed by atoms with E-state index in [0.29, 0.717) is 27.2 Å². The van der Waals surface area contributed by atoms with Crippen LogP contribution in [0.25, 0.3) is 0 Å². The van der Waals surface area contributed by atoms with Crippen molar-refractivity contribution in [1.82, 2.24) is 10.2 Å². The van der Waals surface area contributed by atoms with Crippen LogP contribution in [0.2, 0.25) is 10.0 Å². The van der Waals surface area contributed by atoms with Crippen LogP contribution in [0.4, 0.5) is 5.82 Å². The number of carbonyl (C=O) groups is 1. The van der Waals surface area contributed by atoms with Crippen LogP contribution in [-0.2, 0) is 5.75 Å². The number of benzene rings is 2. The van der Waals surface area contributed by atoms with Gasteiger partial charge >= 0.3 is 0 Å². The molecule has 1 amide bonds. The smallest absolute Gasteiger partial charge is 0.256 e. The van der Waals surface area contributed by atoms with Crippen molar-refractivity contribution in [3.05, 3.63) is 81.3 Å². The van der Waals surface area contributed by atoms with Crippen molar-refractivity contribution in [2.75, 3.05) is 5.32 Å². The monoisotopic (exact) mass is 403 g/mol. The Bertz CT molecular complexity index is 915. The van der Waals surface area contributed by atoms with Crippen molar-refractivity contribution >= 4 is 46.7 Å². The maximum absolute atomic E-state index is 12.2. The molecule has 1 heterocycles. The molecule has 0 radical (unpaired) electrons. The number of thioether (sulfide) groups is 1. The summed E-state index contributed by atoms with van der Waals surface area (Å²) < 4.78 is 0. The number of aryl methyl sites for hydroxylation is 1. The molecule has 7 heteroatoms. The van der Waals surface area contributed by atoms with Crippen molar-refractivity contribution in [3.8, 4) is 0 Å². The van der Waals surface area contributed by atoms with Crippen LogP contribution < -0.4 is 5.32 Å². The predicted octanol–water partition coefficient (Wildman–Crippen LogP) is 5.64. The topological polar surface area (TPSA) is 54.9 Å². The van der Waals surface area contributed by atoms with Crippen LogP contribution in [0.1, 0.15) is 21.5 Å². The fourth-order valence-electron chi connectivity index (χ4n) is 2.15. The molecule has 0 atom stereocenters. The Morgan fingerprint density at radius 3 is 2.46 bits per heavy atom. The zero-order valence-electron chi connectivity index (χ0n) is 13.9. The summed E-state index contributed by atoms with van der Waals surface area (Å²) in [6.07, 6.45) is 0. The zero-order valence-corrected chi connectivity index (χ0v) is 16.2. The summed E-state index contributed by atoms with van der Waals surface area (Å²) in [5, 5.41) is 12.9. The van der Waals surface area contributed by atoms with Gasteiger partial charge in [-0.2, -0.15) is 0 Å². The first-order valence-electron chi connectivity index (χ1n) is 7.80. The lowest BCUT2D eigenvalue weighted by Crippen LogP contribution is -2.13. The highest BCUT2D eigenvalue weighted by molar-refractivity contribution is 7.98. The number of carbonyl (C=O) groups excluding carboxylic acids is 1. The number of anilines is 1. The number of halogens is 2. The molecule has 2 aromatic carbocycles. The van der Waals surface area contributed by atoms with E-state index in [0.717, 1.165) is 16.2 Å². The molecule has 0 bridgehead atoms. The summed E-state index contributed by atoms with van der Waals surface area (Å²) in [5.74, 6) is 0.844. The number of aromatic nitrogens is 2. The SMILES string of the molecule is Cc1ccc(C(=O)Nc2ccc(SCc3ccc(Cl)cc3Cl)nn2)cc1. The van der Waals surface area contributed by atoms with E-state index in [9.17, 15) is 4.79 Å². The molecule has 132 valence electrons. The third kappa shape index (κ3) is 4.97. The molecule has 0 spiro atoms. The van der Waals surface area contributed by atoms with E-state index in [2.05, 4.69) is 15.5 Å². The van der Waals surface area contributed by atoms with Gasteiger partial charge in [0.2, 0.25) is 0 Å². The first kappa shape index (κ1) is 18.7. The summed E-state index contributed by atoms with van der Waals surface area (Å²) in [5.41, 5.74) is 2.65. The fraction of sp³-hybridized carbons (Fsp3) is 0.105. The van der Waals surface area contributed by atoms with Crippen LogP contribution in [0.3, 0.4) is 0 Å². The minimum absolute atomic E-state index is 0.215. The van der Waals surface area contributed by atoms with Gasteiger partial charge in [-0.15, -0.1) is 10.2 Å². The summed E-state index contributed by atoms with van der Waals surface area (Å²) >= 11 is 13.6. The Balaban J connectivity index is 1.59. The molecule has 1 aromatic heterocycles. The molecule has 26 heavy (non-hydrogen) atoms. The molecule has 0 fully saturated rings. The molecule has 3 aromatic rings. The third-order valence-corrected chi connectivity index (χ3v) is 5.14. The lowest BCUT2D eigenvalue weighted by molar-refractivity contribution is 0.102. The van der Waals surface area contributed by atoms with Gasteiger partial charge < -0.3 is 5.32 Å². The summed E-state index contributed by atoms with van der Waals surface area (Å²) in [7, 11) is 0. The van der Waals surface area contributed by atoms with E-state index >= 15 is 0 Å². The average molecular weight is 404 g/mol. The standard InChI is InChI=1S/C19H15Cl2N3OS/c1-12-2-4-13(5-3-12)19(25)22-17-8-9-18(24-23-17)26-11-14-6-7-15(20)10-16(14)21/h2-10H,11H2,1H3,(H,22,23,25). The molecular weight excluding hydrogens is 389 g/mol. The van der Waals surface area contributed by atoms with Gasteiger partial charge in [-0.25, -0.2) is 0 Å². The predicted molar refractivity (Wildman–Crippen MR) is 107 cm³/mol. The first-order chi connectivity index (χ1) is 12.5. The van der Waals surface area contributed by atoms with Gasteiger partial charge in [0.1, 0.15) is 5.03 Å². The molecule has 0 saturated heterocycles. The van der Waals surface area contributed by atoms with Gasteiger partial charge in [-0.3, -0.25) is 4.79 Å². The normalized spacial score (nSPS) is 10.6. The second-order valence-corrected chi connectivity index (χ2v) is 7.44. The maximum Gasteiger partial charge on any atom is 0.256 e. The van der Waals surface area contributed by atoms with Crippen molar-refractivity contribution in [2.45, 2.75) is 17.7 Å². The number of rotatable bonds is 5. The van der Waals surface area contributed by atoms with Gasteiger partial charge in [0.15, 0.2) is 5.82 Å². The number of hydrogen-bond donors (Lipinski definition) is 1. The average Bonchev–Trinajstić information content (AvgIpc) is 2.63. The molecule has 4 nitrogen and oxygen atoms in total. The van der Waals surface area contributed by atoms with E-state index in [1.165, 1.54) is 11.8 Å². The second-order valence-electron chi connectivity index (χ2n) is 5.60. The summed E-state index contributed by atoms with van der Waals surface area (Å²) in [6.45, 7) is 1.97. The molecule has 0 aliphatic carbocycles. The number of amides is 1. The molecule has 0 aliphatic heterocycles. The molecule has 1 N–H and O–H groups in total. The Hall–Kier alpha value is -2.08. The summed E-state index contributed by atoms with van der Waals surface area (Å²) in [4.78, 5) is 12.2. The van der Waals surface area contributed by atoms with Crippen molar-refractivity contribution in [1.29, 1.82) is 0 Å². The van der Waals surface area contributed by atoms with Gasteiger partial charge in [0.05, 0.1) is 0 Å². The highest BCUT2D eigenvalue weighted by Crippen LogP contribution is 2.27. The molecule has 0 saturated carbocycles. The number of nitrogens with zero attached hydrogens (tertiary/aromatic N) is 2. The van der Waals surface area contributed by atoms with Crippen LogP contribution in [-0.4, -0.2) is 16.1 Å². The molecular formula is C19H15Cl2N3OS. The third-order valence-electron chi connectivity index (χ3n) is 3.59. The maximum atomic E-state index is 12.2. The van der Waals surface area contributed by atoms with E-state index < -0.39 is 0 Å². The Labute approximate surface area is 165 Å². The van der Waals surface area contributed by atoms with Crippen molar-refractivity contribution < 1.29 is 4.79 Å². The van der Waals surface area contributed by atoms with E-state index in [4.69, 9.17) is 23.2 Å².